The summed E-state index contributed by atoms with van der Waals surface area (Å²) < 4.78 is 23.0. The fraction of sp³-hybridized carbons (Fsp3) is 0.625. The summed E-state index contributed by atoms with van der Waals surface area (Å²) in [7, 11) is -2.93. The molecule has 1 aliphatic rings. The van der Waals surface area contributed by atoms with Gasteiger partial charge in [-0.1, -0.05) is 13.8 Å². The summed E-state index contributed by atoms with van der Waals surface area (Å²) in [6.07, 6.45) is 5.62. The van der Waals surface area contributed by atoms with Crippen LogP contribution in [0.25, 0.3) is 0 Å². The van der Waals surface area contributed by atoms with Gasteiger partial charge in [-0.25, -0.2) is 8.42 Å². The van der Waals surface area contributed by atoms with Crippen LogP contribution in [0.2, 0.25) is 0 Å². The van der Waals surface area contributed by atoms with E-state index in [1.165, 1.54) is 0 Å². The fourth-order valence-electron chi connectivity index (χ4n) is 2.82. The van der Waals surface area contributed by atoms with Gasteiger partial charge in [0.15, 0.2) is 9.84 Å². The molecular formula is C16H25N3O3S. The Balaban J connectivity index is 2.08. The minimum Gasteiger partial charge on any atom is -0.380 e. The van der Waals surface area contributed by atoms with Crippen molar-refractivity contribution < 1.29 is 13.2 Å². The third kappa shape index (κ3) is 4.92. The van der Waals surface area contributed by atoms with Gasteiger partial charge in [0.2, 0.25) is 0 Å². The number of amides is 1. The number of rotatable bonds is 7. The first kappa shape index (κ1) is 17.7. The van der Waals surface area contributed by atoms with E-state index in [1.807, 2.05) is 18.7 Å². The highest BCUT2D eigenvalue weighted by atomic mass is 32.2. The predicted molar refractivity (Wildman–Crippen MR) is 91.4 cm³/mol. The van der Waals surface area contributed by atoms with Crippen molar-refractivity contribution in [2.75, 3.05) is 29.9 Å². The molecule has 2 rings (SSSR count). The van der Waals surface area contributed by atoms with E-state index in [9.17, 15) is 13.2 Å². The molecule has 1 amide bonds. The first-order valence-electron chi connectivity index (χ1n) is 8.16. The lowest BCUT2D eigenvalue weighted by Crippen LogP contribution is -2.32. The van der Waals surface area contributed by atoms with Crippen LogP contribution in [-0.2, 0) is 9.84 Å². The van der Waals surface area contributed by atoms with Crippen molar-refractivity contribution in [1.82, 2.24) is 9.88 Å². The van der Waals surface area contributed by atoms with E-state index < -0.39 is 9.84 Å². The molecule has 1 fully saturated rings. The molecule has 0 saturated carbocycles. The van der Waals surface area contributed by atoms with Gasteiger partial charge in [0.25, 0.3) is 5.91 Å². The Hall–Kier alpha value is -1.63. The Morgan fingerprint density at radius 1 is 1.30 bits per heavy atom. The number of pyridine rings is 1. The second-order valence-electron chi connectivity index (χ2n) is 6.00. The summed E-state index contributed by atoms with van der Waals surface area (Å²) >= 11 is 0. The van der Waals surface area contributed by atoms with E-state index in [1.54, 1.807) is 18.5 Å². The summed E-state index contributed by atoms with van der Waals surface area (Å²) in [5, 5.41) is 3.18. The lowest BCUT2D eigenvalue weighted by atomic mass is 10.2. The number of carbonyl (C=O) groups excluding carboxylic acids is 1. The number of hydrogen-bond donors (Lipinski definition) is 1. The van der Waals surface area contributed by atoms with Crippen LogP contribution in [0.4, 0.5) is 5.69 Å². The quantitative estimate of drug-likeness (QED) is 0.821. The van der Waals surface area contributed by atoms with Crippen molar-refractivity contribution in [3.05, 3.63) is 24.0 Å². The molecule has 7 heteroatoms. The number of aromatic nitrogens is 1. The molecule has 0 bridgehead atoms. The maximum absolute atomic E-state index is 12.6. The van der Waals surface area contributed by atoms with Gasteiger partial charge in [0.1, 0.15) is 0 Å². The lowest BCUT2D eigenvalue weighted by Gasteiger charge is -2.22. The number of nitrogens with zero attached hydrogens (tertiary/aromatic N) is 2. The van der Waals surface area contributed by atoms with E-state index in [0.717, 1.165) is 25.9 Å². The third-order valence-corrected chi connectivity index (χ3v) is 5.63. The SMILES string of the molecule is CCCN(CCC)C(=O)c1cncc(NC2CCS(=O)(=O)C2)c1. The van der Waals surface area contributed by atoms with Crippen LogP contribution in [0.1, 0.15) is 43.5 Å². The Labute approximate surface area is 138 Å². The zero-order valence-corrected chi connectivity index (χ0v) is 14.6. The number of hydrogen-bond acceptors (Lipinski definition) is 5. The predicted octanol–water partition coefficient (Wildman–Crippen LogP) is 1.94. The Bertz CT molecular complexity index is 640. The number of sulfone groups is 1. The maximum Gasteiger partial charge on any atom is 0.255 e. The first-order valence-corrected chi connectivity index (χ1v) is 9.98. The van der Waals surface area contributed by atoms with Crippen LogP contribution in [0.3, 0.4) is 0 Å². The smallest absolute Gasteiger partial charge is 0.255 e. The van der Waals surface area contributed by atoms with Crippen LogP contribution in [0.15, 0.2) is 18.5 Å². The highest BCUT2D eigenvalue weighted by Gasteiger charge is 2.27. The zero-order valence-electron chi connectivity index (χ0n) is 13.8. The maximum atomic E-state index is 12.6. The van der Waals surface area contributed by atoms with Crippen molar-refractivity contribution in [3.63, 3.8) is 0 Å². The monoisotopic (exact) mass is 339 g/mol. The molecule has 1 atom stereocenters. The van der Waals surface area contributed by atoms with Gasteiger partial charge in [0.05, 0.1) is 22.8 Å². The molecule has 1 N–H and O–H groups in total. The van der Waals surface area contributed by atoms with E-state index >= 15 is 0 Å². The molecule has 1 aliphatic heterocycles. The van der Waals surface area contributed by atoms with Gasteiger partial charge >= 0.3 is 0 Å². The van der Waals surface area contributed by atoms with Crippen LogP contribution < -0.4 is 5.32 Å². The van der Waals surface area contributed by atoms with Crippen molar-refractivity contribution in [2.24, 2.45) is 0 Å². The van der Waals surface area contributed by atoms with Crippen molar-refractivity contribution in [3.8, 4) is 0 Å². The molecule has 1 saturated heterocycles. The van der Waals surface area contributed by atoms with Crippen LogP contribution in [-0.4, -0.2) is 54.8 Å². The van der Waals surface area contributed by atoms with Crippen molar-refractivity contribution >= 4 is 21.4 Å². The number of carbonyl (C=O) groups is 1. The third-order valence-electron chi connectivity index (χ3n) is 3.86. The summed E-state index contributed by atoms with van der Waals surface area (Å²) in [6.45, 7) is 5.55. The van der Waals surface area contributed by atoms with Crippen molar-refractivity contribution in [1.29, 1.82) is 0 Å². The van der Waals surface area contributed by atoms with E-state index in [2.05, 4.69) is 10.3 Å². The van der Waals surface area contributed by atoms with Gasteiger partial charge in [-0.05, 0) is 25.3 Å². The fourth-order valence-corrected chi connectivity index (χ4v) is 4.49. The Morgan fingerprint density at radius 2 is 2.00 bits per heavy atom. The second kappa shape index (κ2) is 7.77. The molecule has 1 aromatic heterocycles. The van der Waals surface area contributed by atoms with Gasteiger partial charge in [0, 0.05) is 31.5 Å². The van der Waals surface area contributed by atoms with Gasteiger partial charge in [-0.2, -0.15) is 0 Å². The molecule has 23 heavy (non-hydrogen) atoms. The molecule has 1 unspecified atom stereocenters. The summed E-state index contributed by atoms with van der Waals surface area (Å²) in [5.74, 6) is 0.337. The van der Waals surface area contributed by atoms with Crippen LogP contribution in [0, 0.1) is 0 Å². The summed E-state index contributed by atoms with van der Waals surface area (Å²) in [4.78, 5) is 18.5. The van der Waals surface area contributed by atoms with Crippen LogP contribution >= 0.6 is 0 Å². The minimum atomic E-state index is -2.93. The average molecular weight is 339 g/mol. The van der Waals surface area contributed by atoms with Crippen LogP contribution in [0.5, 0.6) is 0 Å². The van der Waals surface area contributed by atoms with E-state index in [0.29, 0.717) is 17.7 Å². The van der Waals surface area contributed by atoms with E-state index in [-0.39, 0.29) is 23.5 Å². The normalized spacial score (nSPS) is 19.5. The highest BCUT2D eigenvalue weighted by Crippen LogP contribution is 2.18. The average Bonchev–Trinajstić information content (AvgIpc) is 2.85. The molecular weight excluding hydrogens is 314 g/mol. The Kier molecular flexibility index (Phi) is 5.98. The van der Waals surface area contributed by atoms with Gasteiger partial charge < -0.3 is 10.2 Å². The number of anilines is 1. The first-order chi connectivity index (χ1) is 10.9. The molecule has 0 spiro atoms. The molecule has 1 aromatic rings. The van der Waals surface area contributed by atoms with Gasteiger partial charge in [-0.3, -0.25) is 9.78 Å². The Morgan fingerprint density at radius 3 is 2.57 bits per heavy atom. The lowest BCUT2D eigenvalue weighted by molar-refractivity contribution is 0.0755. The molecule has 0 aliphatic carbocycles. The highest BCUT2D eigenvalue weighted by molar-refractivity contribution is 7.91. The van der Waals surface area contributed by atoms with E-state index in [4.69, 9.17) is 0 Å². The molecule has 0 radical (unpaired) electrons. The topological polar surface area (TPSA) is 79.4 Å². The standard InChI is InChI=1S/C16H25N3O3S/c1-3-6-19(7-4-2)16(20)13-9-15(11-17-10-13)18-14-5-8-23(21,22)12-14/h9-11,14,18H,3-8,12H2,1-2H3. The second-order valence-corrected chi connectivity index (χ2v) is 8.23. The molecule has 128 valence electrons. The number of nitrogens with one attached hydrogen (secondary N) is 1. The molecule has 2 heterocycles. The van der Waals surface area contributed by atoms with Crippen molar-refractivity contribution in [2.45, 2.75) is 39.2 Å². The summed E-state index contributed by atoms with van der Waals surface area (Å²) in [5.41, 5.74) is 1.24. The summed E-state index contributed by atoms with van der Waals surface area (Å²) in [6, 6.07) is 1.66. The molecule has 0 aromatic carbocycles. The largest absolute Gasteiger partial charge is 0.380 e. The zero-order chi connectivity index (χ0) is 16.9. The molecule has 6 nitrogen and oxygen atoms in total. The minimum absolute atomic E-state index is 0.0242. The van der Waals surface area contributed by atoms with Gasteiger partial charge in [-0.15, -0.1) is 0 Å².